The summed E-state index contributed by atoms with van der Waals surface area (Å²) in [6.45, 7) is 13.8. The Balaban J connectivity index is 2.72. The minimum absolute atomic E-state index is 0.0985. The summed E-state index contributed by atoms with van der Waals surface area (Å²) in [5.74, 6) is 1.53. The summed E-state index contributed by atoms with van der Waals surface area (Å²) in [5.41, 5.74) is 2.35. The van der Waals surface area contributed by atoms with Crippen molar-refractivity contribution >= 4 is 0 Å². The van der Waals surface area contributed by atoms with Crippen LogP contribution in [0.2, 0.25) is 0 Å². The normalized spacial score (nSPS) is 11.2. The first-order valence-corrected chi connectivity index (χ1v) is 7.07. The fraction of sp³-hybridized carbons (Fsp3) is 0.529. The molecule has 20 heavy (non-hydrogen) atoms. The molecule has 0 aliphatic heterocycles. The Hall–Kier alpha value is -1.48. The fourth-order valence-corrected chi connectivity index (χ4v) is 1.59. The van der Waals surface area contributed by atoms with Crippen LogP contribution in [0.1, 0.15) is 39.7 Å². The molecule has 0 unspecified atom stereocenters. The number of methoxy groups -OCH3 is 1. The fourth-order valence-electron chi connectivity index (χ4n) is 1.59. The van der Waals surface area contributed by atoms with Crippen LogP contribution in [0.25, 0.3) is 0 Å². The summed E-state index contributed by atoms with van der Waals surface area (Å²) >= 11 is 0. The summed E-state index contributed by atoms with van der Waals surface area (Å²) in [7, 11) is 1.66. The van der Waals surface area contributed by atoms with E-state index in [1.807, 2.05) is 12.1 Å². The largest absolute Gasteiger partial charge is 0.493 e. The minimum Gasteiger partial charge on any atom is -0.493 e. The van der Waals surface area contributed by atoms with Gasteiger partial charge in [-0.15, -0.1) is 0 Å². The lowest BCUT2D eigenvalue weighted by molar-refractivity contribution is 0.317. The highest BCUT2D eigenvalue weighted by Crippen LogP contribution is 2.28. The highest BCUT2D eigenvalue weighted by Gasteiger charge is 2.10. The zero-order valence-electron chi connectivity index (χ0n) is 13.4. The van der Waals surface area contributed by atoms with Crippen LogP contribution in [-0.4, -0.2) is 19.3 Å². The zero-order valence-corrected chi connectivity index (χ0v) is 13.4. The lowest BCUT2D eigenvalue weighted by Gasteiger charge is -2.21. The van der Waals surface area contributed by atoms with E-state index in [1.165, 1.54) is 5.56 Å². The van der Waals surface area contributed by atoms with Gasteiger partial charge in [-0.3, -0.25) is 0 Å². The molecule has 1 N–H and O–H groups in total. The number of nitrogens with one attached hydrogen (secondary N) is 1. The van der Waals surface area contributed by atoms with Crippen molar-refractivity contribution in [3.8, 4) is 11.5 Å². The number of hydrogen-bond donors (Lipinski definition) is 1. The van der Waals surface area contributed by atoms with Crippen LogP contribution in [0.15, 0.2) is 30.4 Å². The second kappa shape index (κ2) is 7.34. The monoisotopic (exact) mass is 277 g/mol. The Morgan fingerprint density at radius 1 is 1.25 bits per heavy atom. The molecule has 0 saturated heterocycles. The number of ether oxygens (including phenoxy) is 2. The molecule has 0 bridgehead atoms. The van der Waals surface area contributed by atoms with Crippen LogP contribution in [0, 0.1) is 0 Å². The molecule has 1 rings (SSSR count). The highest BCUT2D eigenvalue weighted by molar-refractivity contribution is 5.43. The van der Waals surface area contributed by atoms with Crippen molar-refractivity contribution in [1.82, 2.24) is 5.32 Å². The van der Waals surface area contributed by atoms with Gasteiger partial charge in [-0.2, -0.15) is 0 Å². The Morgan fingerprint density at radius 3 is 2.50 bits per heavy atom. The van der Waals surface area contributed by atoms with Gasteiger partial charge in [0, 0.05) is 12.1 Å². The second-order valence-corrected chi connectivity index (χ2v) is 5.98. The van der Waals surface area contributed by atoms with E-state index < -0.39 is 0 Å². The smallest absolute Gasteiger partial charge is 0.161 e. The molecule has 1 aromatic carbocycles. The Bertz CT molecular complexity index is 447. The van der Waals surface area contributed by atoms with E-state index in [9.17, 15) is 0 Å². The maximum absolute atomic E-state index is 5.74. The molecule has 0 fully saturated rings. The SMILES string of the molecule is C=C(CC)COc1ccc(CNC(C)(C)C)cc1OC. The van der Waals surface area contributed by atoms with Crippen LogP contribution in [-0.2, 0) is 6.54 Å². The molecular weight excluding hydrogens is 250 g/mol. The molecule has 0 aromatic heterocycles. The van der Waals surface area contributed by atoms with E-state index in [0.717, 1.165) is 30.0 Å². The number of rotatable bonds is 7. The topological polar surface area (TPSA) is 30.5 Å². The van der Waals surface area contributed by atoms with Crippen LogP contribution in [0.3, 0.4) is 0 Å². The third-order valence-electron chi connectivity index (χ3n) is 2.98. The van der Waals surface area contributed by atoms with Crippen LogP contribution in [0.4, 0.5) is 0 Å². The summed E-state index contributed by atoms with van der Waals surface area (Å²) in [6.07, 6.45) is 0.926. The Labute approximate surface area is 123 Å². The van der Waals surface area contributed by atoms with Gasteiger partial charge in [0.2, 0.25) is 0 Å². The van der Waals surface area contributed by atoms with E-state index in [4.69, 9.17) is 9.47 Å². The predicted octanol–water partition coefficient (Wildman–Crippen LogP) is 3.93. The molecule has 0 radical (unpaired) electrons. The first kappa shape index (κ1) is 16.6. The Morgan fingerprint density at radius 2 is 1.95 bits per heavy atom. The van der Waals surface area contributed by atoms with Gasteiger partial charge in [-0.25, -0.2) is 0 Å². The summed E-state index contributed by atoms with van der Waals surface area (Å²) in [4.78, 5) is 0. The third kappa shape index (κ3) is 5.66. The maximum Gasteiger partial charge on any atom is 0.161 e. The van der Waals surface area contributed by atoms with Gasteiger partial charge < -0.3 is 14.8 Å². The summed E-state index contributed by atoms with van der Waals surface area (Å²) < 4.78 is 11.1. The maximum atomic E-state index is 5.74. The molecule has 0 aliphatic rings. The molecule has 1 aromatic rings. The van der Waals surface area contributed by atoms with Gasteiger partial charge >= 0.3 is 0 Å². The van der Waals surface area contributed by atoms with E-state index in [1.54, 1.807) is 7.11 Å². The quantitative estimate of drug-likeness (QED) is 0.766. The zero-order chi connectivity index (χ0) is 15.2. The molecule has 0 heterocycles. The van der Waals surface area contributed by atoms with E-state index in [-0.39, 0.29) is 5.54 Å². The average Bonchev–Trinajstić information content (AvgIpc) is 2.41. The first-order chi connectivity index (χ1) is 9.35. The van der Waals surface area contributed by atoms with Gasteiger partial charge in [-0.05, 0) is 50.5 Å². The van der Waals surface area contributed by atoms with E-state index in [0.29, 0.717) is 6.61 Å². The van der Waals surface area contributed by atoms with Gasteiger partial charge in [0.1, 0.15) is 6.61 Å². The summed E-state index contributed by atoms with van der Waals surface area (Å²) in [5, 5.41) is 3.46. The lowest BCUT2D eigenvalue weighted by Crippen LogP contribution is -2.35. The van der Waals surface area contributed by atoms with Crippen molar-refractivity contribution in [2.75, 3.05) is 13.7 Å². The molecule has 0 atom stereocenters. The predicted molar refractivity (Wildman–Crippen MR) is 84.5 cm³/mol. The van der Waals surface area contributed by atoms with Gasteiger partial charge in [0.15, 0.2) is 11.5 Å². The first-order valence-electron chi connectivity index (χ1n) is 7.07. The second-order valence-electron chi connectivity index (χ2n) is 5.98. The van der Waals surface area contributed by atoms with Crippen molar-refractivity contribution in [2.24, 2.45) is 0 Å². The lowest BCUT2D eigenvalue weighted by atomic mass is 10.1. The standard InChI is InChI=1S/C17H27NO2/c1-7-13(2)12-20-15-9-8-14(10-16(15)19-6)11-18-17(3,4)5/h8-10,18H,2,7,11-12H2,1,3-6H3. The van der Waals surface area contributed by atoms with Crippen molar-refractivity contribution in [3.05, 3.63) is 35.9 Å². The van der Waals surface area contributed by atoms with Gasteiger partial charge in [0.25, 0.3) is 0 Å². The average molecular weight is 277 g/mol. The van der Waals surface area contributed by atoms with Crippen LogP contribution in [0.5, 0.6) is 11.5 Å². The van der Waals surface area contributed by atoms with E-state index >= 15 is 0 Å². The van der Waals surface area contributed by atoms with Crippen LogP contribution < -0.4 is 14.8 Å². The van der Waals surface area contributed by atoms with Gasteiger partial charge in [0.05, 0.1) is 7.11 Å². The molecule has 112 valence electrons. The molecule has 0 saturated carbocycles. The van der Waals surface area contributed by atoms with Gasteiger partial charge in [-0.1, -0.05) is 19.6 Å². The van der Waals surface area contributed by atoms with E-state index in [2.05, 4.69) is 45.7 Å². The number of benzene rings is 1. The highest BCUT2D eigenvalue weighted by atomic mass is 16.5. The molecule has 0 spiro atoms. The molecular formula is C17H27NO2. The van der Waals surface area contributed by atoms with Crippen molar-refractivity contribution in [1.29, 1.82) is 0 Å². The number of hydrogen-bond acceptors (Lipinski definition) is 3. The minimum atomic E-state index is 0.0985. The van der Waals surface area contributed by atoms with Crippen molar-refractivity contribution < 1.29 is 9.47 Å². The van der Waals surface area contributed by atoms with Crippen molar-refractivity contribution in [3.63, 3.8) is 0 Å². The van der Waals surface area contributed by atoms with Crippen LogP contribution >= 0.6 is 0 Å². The molecule has 0 amide bonds. The Kier molecular flexibility index (Phi) is 6.08. The van der Waals surface area contributed by atoms with Crippen molar-refractivity contribution in [2.45, 2.75) is 46.2 Å². The molecule has 3 nitrogen and oxygen atoms in total. The molecule has 0 aliphatic carbocycles. The summed E-state index contributed by atoms with van der Waals surface area (Å²) in [6, 6.07) is 6.04. The third-order valence-corrected chi connectivity index (χ3v) is 2.98. The molecule has 3 heteroatoms.